The molecule has 0 rings (SSSR count). The Bertz CT molecular complexity index is 229. The molecule has 9 heteroatoms. The summed E-state index contributed by atoms with van der Waals surface area (Å²) >= 11 is 0. The lowest BCUT2D eigenvalue weighted by Crippen LogP contribution is -2.01. The fourth-order valence-electron chi connectivity index (χ4n) is 0.176. The molecule has 0 saturated carbocycles. The number of carboxylic acid groups (broad SMARTS) is 1. The molecule has 0 saturated heterocycles. The van der Waals surface area contributed by atoms with Crippen molar-refractivity contribution in [3.8, 4) is 0 Å². The van der Waals surface area contributed by atoms with Crippen LogP contribution in [0, 0.1) is 0 Å². The van der Waals surface area contributed by atoms with Crippen molar-refractivity contribution in [3.63, 3.8) is 0 Å². The molecule has 0 spiro atoms. The lowest BCUT2D eigenvalue weighted by molar-refractivity contribution is -0.134. The molecular formula is C11H32O5P4. The summed E-state index contributed by atoms with van der Waals surface area (Å²) < 4.78 is 9.76. The highest BCUT2D eigenvalue weighted by Crippen LogP contribution is 2.33. The fourth-order valence-corrected chi connectivity index (χ4v) is 0.529. The first-order valence-corrected chi connectivity index (χ1v) is 15.6. The van der Waals surface area contributed by atoms with Crippen molar-refractivity contribution in [1.29, 1.82) is 0 Å². The molecule has 3 N–H and O–H groups in total. The zero-order chi connectivity index (χ0) is 17.5. The second kappa shape index (κ2) is 18.0. The van der Waals surface area contributed by atoms with Gasteiger partial charge in [0.1, 0.15) is 6.16 Å². The smallest absolute Gasteiger partial charge is 0.336 e. The highest BCUT2D eigenvalue weighted by Gasteiger charge is 2.17. The van der Waals surface area contributed by atoms with Gasteiger partial charge < -0.3 is 14.9 Å². The van der Waals surface area contributed by atoms with Crippen LogP contribution in [0.3, 0.4) is 0 Å². The third-order valence-corrected chi connectivity index (χ3v) is 1.02. The molecule has 0 unspecified atom stereocenters. The van der Waals surface area contributed by atoms with Gasteiger partial charge in [-0.05, 0) is 60.0 Å². The van der Waals surface area contributed by atoms with Gasteiger partial charge in [0.25, 0.3) is 0 Å². The Morgan fingerprint density at radius 3 is 0.950 bits per heavy atom. The van der Waals surface area contributed by atoms with Crippen LogP contribution in [0.25, 0.3) is 0 Å². The maximum absolute atomic E-state index is 9.76. The van der Waals surface area contributed by atoms with E-state index in [9.17, 15) is 9.36 Å². The molecule has 0 amide bonds. The van der Waals surface area contributed by atoms with E-state index in [0.29, 0.717) is 23.8 Å². The highest BCUT2D eigenvalue weighted by molar-refractivity contribution is 7.55. The summed E-state index contributed by atoms with van der Waals surface area (Å²) in [5.74, 6) is -1.49. The molecule has 0 fully saturated rings. The molecule has 0 atom stereocenters. The highest BCUT2D eigenvalue weighted by atomic mass is 31.2. The zero-order valence-corrected chi connectivity index (χ0v) is 17.7. The van der Waals surface area contributed by atoms with Gasteiger partial charge in [-0.1, -0.05) is 0 Å². The van der Waals surface area contributed by atoms with Gasteiger partial charge in [-0.2, -0.15) is 0 Å². The molecule has 20 heavy (non-hydrogen) atoms. The largest absolute Gasteiger partial charge is 0.481 e. The second-order valence-electron chi connectivity index (χ2n) is 5.24. The monoisotopic (exact) mass is 368 g/mol. The summed E-state index contributed by atoms with van der Waals surface area (Å²) in [5.41, 5.74) is 0. The van der Waals surface area contributed by atoms with Gasteiger partial charge in [0.15, 0.2) is 0 Å². The molecule has 0 aliphatic carbocycles. The van der Waals surface area contributed by atoms with E-state index in [-0.39, 0.29) is 0 Å². The topological polar surface area (TPSA) is 94.8 Å². The van der Waals surface area contributed by atoms with Crippen LogP contribution in [0.4, 0.5) is 0 Å². The van der Waals surface area contributed by atoms with Gasteiger partial charge in [0, 0.05) is 0 Å². The van der Waals surface area contributed by atoms with E-state index in [4.69, 9.17) is 14.9 Å². The summed E-state index contributed by atoms with van der Waals surface area (Å²) in [6, 6.07) is 0. The molecule has 0 aromatic rings. The Kier molecular flexibility index (Phi) is 26.0. The van der Waals surface area contributed by atoms with E-state index < -0.39 is 19.7 Å². The maximum atomic E-state index is 9.76. The molecule has 0 aromatic heterocycles. The van der Waals surface area contributed by atoms with Crippen LogP contribution in [-0.4, -0.2) is 87.0 Å². The van der Waals surface area contributed by atoms with E-state index in [2.05, 4.69) is 60.0 Å². The standard InChI is InChI=1S/3C3H9P.C2H5O5P/c3*1-4(2)3;3-2(4)1-8(5,6)7/h3*1-3H3;1H2,(H,3,4)(H2,5,6,7). The Hall–Kier alpha value is 0.910. The van der Waals surface area contributed by atoms with E-state index >= 15 is 0 Å². The van der Waals surface area contributed by atoms with E-state index in [0.717, 1.165) is 0 Å². The first-order chi connectivity index (χ1) is 8.61. The van der Waals surface area contributed by atoms with Gasteiger partial charge >= 0.3 is 13.6 Å². The third-order valence-electron chi connectivity index (χ3n) is 0.341. The Morgan fingerprint density at radius 1 is 0.800 bits per heavy atom. The van der Waals surface area contributed by atoms with Crippen LogP contribution in [0.2, 0.25) is 0 Å². The minimum atomic E-state index is -4.32. The predicted octanol–water partition coefficient (Wildman–Crippen LogP) is 3.32. The summed E-state index contributed by atoms with van der Waals surface area (Å²) in [7, 11) is -3.18. The molecule has 126 valence electrons. The average molecular weight is 368 g/mol. The number of rotatable bonds is 2. The maximum Gasteiger partial charge on any atom is 0.336 e. The summed E-state index contributed by atoms with van der Waals surface area (Å²) in [6.45, 7) is 20.1. The predicted molar refractivity (Wildman–Crippen MR) is 98.6 cm³/mol. The lowest BCUT2D eigenvalue weighted by atomic mass is 10.8. The van der Waals surface area contributed by atoms with E-state index in [1.807, 2.05) is 0 Å². The van der Waals surface area contributed by atoms with Crippen molar-refractivity contribution in [2.24, 2.45) is 0 Å². The first kappa shape index (κ1) is 29.0. The van der Waals surface area contributed by atoms with E-state index in [1.54, 1.807) is 0 Å². The van der Waals surface area contributed by atoms with Crippen LogP contribution in [0.1, 0.15) is 0 Å². The van der Waals surface area contributed by atoms with Gasteiger partial charge in [0.2, 0.25) is 0 Å². The Labute approximate surface area is 128 Å². The normalized spacial score (nSPS) is 9.90. The number of aliphatic carboxylic acids is 1. The molecule has 0 aromatic carbocycles. The first-order valence-electron chi connectivity index (χ1n) is 5.71. The number of hydrogen-bond donors (Lipinski definition) is 3. The lowest BCUT2D eigenvalue weighted by Gasteiger charge is -1.95. The molecule has 0 radical (unpaired) electrons. The molecular weight excluding hydrogens is 336 g/mol. The van der Waals surface area contributed by atoms with Crippen molar-refractivity contribution in [1.82, 2.24) is 0 Å². The number of hydrogen-bond acceptors (Lipinski definition) is 2. The molecule has 0 aliphatic heterocycles. The number of carbonyl (C=O) groups is 1. The van der Waals surface area contributed by atoms with Crippen molar-refractivity contribution in [2.45, 2.75) is 0 Å². The van der Waals surface area contributed by atoms with Gasteiger partial charge in [-0.15, -0.1) is 23.8 Å². The molecule has 0 heterocycles. The third kappa shape index (κ3) is 174. The molecule has 0 aliphatic rings. The summed E-state index contributed by atoms with van der Waals surface area (Å²) in [4.78, 5) is 25.4. The van der Waals surface area contributed by atoms with Gasteiger partial charge in [-0.3, -0.25) is 9.36 Å². The van der Waals surface area contributed by atoms with E-state index in [1.165, 1.54) is 0 Å². The second-order valence-corrected chi connectivity index (χ2v) is 14.9. The van der Waals surface area contributed by atoms with Crippen LogP contribution < -0.4 is 0 Å². The van der Waals surface area contributed by atoms with Crippen LogP contribution in [0.15, 0.2) is 0 Å². The van der Waals surface area contributed by atoms with Crippen molar-refractivity contribution in [3.05, 3.63) is 0 Å². The minimum Gasteiger partial charge on any atom is -0.481 e. The van der Waals surface area contributed by atoms with Gasteiger partial charge in [-0.25, -0.2) is 0 Å². The Balaban J connectivity index is -0.0000000917. The summed E-state index contributed by atoms with van der Waals surface area (Å²) in [5, 5.41) is 7.76. The fraction of sp³-hybridized carbons (Fsp3) is 0.909. The van der Waals surface area contributed by atoms with Crippen LogP contribution >= 0.6 is 31.4 Å². The average Bonchev–Trinajstić information content (AvgIpc) is 1.92. The van der Waals surface area contributed by atoms with Crippen molar-refractivity contribution >= 4 is 37.3 Å². The SMILES string of the molecule is CP(C)C.CP(C)C.CP(C)C.O=C(O)CP(=O)(O)O. The summed E-state index contributed by atoms with van der Waals surface area (Å²) in [6.07, 6.45) is -1.09. The molecule has 0 bridgehead atoms. The molecule has 5 nitrogen and oxygen atoms in total. The van der Waals surface area contributed by atoms with Crippen LogP contribution in [0.5, 0.6) is 0 Å². The zero-order valence-electron chi connectivity index (χ0n) is 14.2. The van der Waals surface area contributed by atoms with Gasteiger partial charge in [0.05, 0.1) is 0 Å². The Morgan fingerprint density at radius 2 is 0.950 bits per heavy atom. The minimum absolute atomic E-state index is 0.380. The van der Waals surface area contributed by atoms with Crippen LogP contribution in [-0.2, 0) is 9.36 Å². The van der Waals surface area contributed by atoms with Crippen molar-refractivity contribution < 1.29 is 24.3 Å². The number of carboxylic acids is 1. The quantitative estimate of drug-likeness (QED) is 0.650. The van der Waals surface area contributed by atoms with Crippen molar-refractivity contribution in [2.75, 3.05) is 66.1 Å².